The molecule has 1 fully saturated rings. The van der Waals surface area contributed by atoms with Gasteiger partial charge in [-0.05, 0) is 37.8 Å². The number of aromatic hydroxyl groups is 1. The van der Waals surface area contributed by atoms with Crippen LogP contribution in [0.4, 0.5) is 0 Å². The van der Waals surface area contributed by atoms with E-state index in [9.17, 15) is 9.90 Å². The summed E-state index contributed by atoms with van der Waals surface area (Å²) >= 11 is 0. The third-order valence-electron chi connectivity index (χ3n) is 3.43. The fourth-order valence-electron chi connectivity index (χ4n) is 2.00. The molecule has 4 nitrogen and oxygen atoms in total. The van der Waals surface area contributed by atoms with E-state index >= 15 is 0 Å². The summed E-state index contributed by atoms with van der Waals surface area (Å²) in [6.45, 7) is 2.24. The van der Waals surface area contributed by atoms with Gasteiger partial charge in [-0.25, -0.2) is 0 Å². The van der Waals surface area contributed by atoms with Crippen LogP contribution in [0, 0.1) is 6.92 Å². The number of hydrogen-bond acceptors (Lipinski definition) is 3. The molecule has 92 valence electrons. The average Bonchev–Trinajstić information content (AvgIpc) is 2.27. The molecular weight excluding hydrogens is 216 g/mol. The van der Waals surface area contributed by atoms with Crippen LogP contribution in [0.5, 0.6) is 5.75 Å². The summed E-state index contributed by atoms with van der Waals surface area (Å²) in [5.74, 6) is -0.215. The average molecular weight is 234 g/mol. The summed E-state index contributed by atoms with van der Waals surface area (Å²) in [7, 11) is 0. The molecule has 0 unspecified atom stereocenters. The molecule has 4 N–H and O–H groups in total. The maximum absolute atomic E-state index is 11.9. The lowest BCUT2D eigenvalue weighted by atomic mass is 9.78. The van der Waals surface area contributed by atoms with Gasteiger partial charge < -0.3 is 16.2 Å². The largest absolute Gasteiger partial charge is 0.507 e. The molecule has 0 saturated heterocycles. The molecule has 1 aromatic carbocycles. The summed E-state index contributed by atoms with van der Waals surface area (Å²) < 4.78 is 0. The van der Waals surface area contributed by atoms with Crippen molar-refractivity contribution in [3.05, 3.63) is 29.3 Å². The predicted molar refractivity (Wildman–Crippen MR) is 65.9 cm³/mol. The van der Waals surface area contributed by atoms with E-state index in [1.54, 1.807) is 25.1 Å². The van der Waals surface area contributed by atoms with Gasteiger partial charge in [-0.15, -0.1) is 0 Å². The van der Waals surface area contributed by atoms with Crippen LogP contribution in [0.3, 0.4) is 0 Å². The zero-order valence-corrected chi connectivity index (χ0v) is 9.99. The molecule has 0 aromatic heterocycles. The third-order valence-corrected chi connectivity index (χ3v) is 3.43. The van der Waals surface area contributed by atoms with Crippen molar-refractivity contribution < 1.29 is 9.90 Å². The van der Waals surface area contributed by atoms with E-state index in [0.29, 0.717) is 17.7 Å². The summed E-state index contributed by atoms with van der Waals surface area (Å²) in [6.07, 6.45) is 3.03. The van der Waals surface area contributed by atoms with Crippen LogP contribution < -0.4 is 11.1 Å². The highest BCUT2D eigenvalue weighted by Gasteiger charge is 2.32. The first-order chi connectivity index (χ1) is 8.02. The van der Waals surface area contributed by atoms with Crippen molar-refractivity contribution in [2.75, 3.05) is 6.54 Å². The lowest BCUT2D eigenvalue weighted by molar-refractivity contribution is 0.0927. The van der Waals surface area contributed by atoms with Crippen molar-refractivity contribution in [1.82, 2.24) is 5.32 Å². The Morgan fingerprint density at radius 1 is 1.53 bits per heavy atom. The first kappa shape index (κ1) is 11.9. The Morgan fingerprint density at radius 3 is 2.82 bits per heavy atom. The number of nitrogens with two attached hydrogens (primary N) is 1. The van der Waals surface area contributed by atoms with E-state index < -0.39 is 0 Å². The molecule has 4 heteroatoms. The number of hydrogen-bond donors (Lipinski definition) is 3. The Morgan fingerprint density at radius 2 is 2.24 bits per heavy atom. The van der Waals surface area contributed by atoms with Gasteiger partial charge in [-0.2, -0.15) is 0 Å². The fourth-order valence-corrected chi connectivity index (χ4v) is 2.00. The quantitative estimate of drug-likeness (QED) is 0.738. The van der Waals surface area contributed by atoms with Gasteiger partial charge >= 0.3 is 0 Å². The van der Waals surface area contributed by atoms with Gasteiger partial charge in [0.25, 0.3) is 5.91 Å². The summed E-state index contributed by atoms with van der Waals surface area (Å²) in [6, 6.07) is 5.13. The van der Waals surface area contributed by atoms with E-state index in [0.717, 1.165) is 19.3 Å². The van der Waals surface area contributed by atoms with E-state index in [2.05, 4.69) is 5.32 Å². The van der Waals surface area contributed by atoms with Crippen molar-refractivity contribution >= 4 is 5.91 Å². The van der Waals surface area contributed by atoms with E-state index in [1.165, 1.54) is 0 Å². The van der Waals surface area contributed by atoms with E-state index in [-0.39, 0.29) is 17.2 Å². The zero-order chi connectivity index (χ0) is 12.5. The maximum atomic E-state index is 11.9. The zero-order valence-electron chi connectivity index (χ0n) is 9.99. The van der Waals surface area contributed by atoms with Gasteiger partial charge in [0.15, 0.2) is 0 Å². The highest BCUT2D eigenvalue weighted by molar-refractivity contribution is 5.97. The van der Waals surface area contributed by atoms with E-state index in [1.807, 2.05) is 0 Å². The smallest absolute Gasteiger partial charge is 0.255 e. The predicted octanol–water partition coefficient (Wildman–Crippen LogP) is 1.31. The first-order valence-electron chi connectivity index (χ1n) is 5.87. The Balaban J connectivity index is 2.02. The van der Waals surface area contributed by atoms with Gasteiger partial charge in [0.1, 0.15) is 5.75 Å². The van der Waals surface area contributed by atoms with Gasteiger partial charge in [-0.1, -0.05) is 12.1 Å². The van der Waals surface area contributed by atoms with Crippen LogP contribution in [0.1, 0.15) is 35.2 Å². The van der Waals surface area contributed by atoms with Crippen LogP contribution in [-0.4, -0.2) is 23.1 Å². The minimum Gasteiger partial charge on any atom is -0.507 e. The summed E-state index contributed by atoms with van der Waals surface area (Å²) in [4.78, 5) is 11.9. The normalized spacial score (nSPS) is 17.3. The Labute approximate surface area is 101 Å². The second-order valence-electron chi connectivity index (χ2n) is 4.87. The molecule has 0 atom stereocenters. The number of nitrogens with one attached hydrogen (secondary N) is 1. The van der Waals surface area contributed by atoms with Crippen LogP contribution in [-0.2, 0) is 0 Å². The molecule has 1 aliphatic carbocycles. The Kier molecular flexibility index (Phi) is 3.07. The van der Waals surface area contributed by atoms with Crippen molar-refractivity contribution in [3.63, 3.8) is 0 Å². The summed E-state index contributed by atoms with van der Waals surface area (Å²) in [5.41, 5.74) is 6.79. The molecule has 1 saturated carbocycles. The molecule has 1 aromatic rings. The molecule has 0 spiro atoms. The van der Waals surface area contributed by atoms with Gasteiger partial charge in [0.05, 0.1) is 5.56 Å². The molecule has 0 bridgehead atoms. The lowest BCUT2D eigenvalue weighted by Crippen LogP contribution is -2.54. The fraction of sp³-hybridized carbons (Fsp3) is 0.462. The van der Waals surface area contributed by atoms with E-state index in [4.69, 9.17) is 5.73 Å². The van der Waals surface area contributed by atoms with Crippen molar-refractivity contribution in [2.45, 2.75) is 31.7 Å². The highest BCUT2D eigenvalue weighted by atomic mass is 16.3. The number of carbonyl (C=O) groups is 1. The highest BCUT2D eigenvalue weighted by Crippen LogP contribution is 2.28. The monoisotopic (exact) mass is 234 g/mol. The number of aryl methyl sites for hydroxylation is 1. The number of phenols is 1. The van der Waals surface area contributed by atoms with Crippen molar-refractivity contribution in [2.24, 2.45) is 5.73 Å². The molecule has 0 heterocycles. The topological polar surface area (TPSA) is 75.4 Å². The number of carbonyl (C=O) groups excluding carboxylic acids is 1. The van der Waals surface area contributed by atoms with Crippen LogP contribution in [0.15, 0.2) is 18.2 Å². The Bertz CT molecular complexity index is 439. The van der Waals surface area contributed by atoms with Crippen molar-refractivity contribution in [1.29, 1.82) is 0 Å². The lowest BCUT2D eigenvalue weighted by Gasteiger charge is -2.38. The second-order valence-corrected chi connectivity index (χ2v) is 4.87. The van der Waals surface area contributed by atoms with Crippen molar-refractivity contribution in [3.8, 4) is 5.75 Å². The standard InChI is InChI=1S/C13H18N2O2/c1-9-4-2-5-10(11(9)16)12(17)15-8-13(14)6-3-7-13/h2,4-5,16H,3,6-8,14H2,1H3,(H,15,17). The number of amides is 1. The molecule has 2 rings (SSSR count). The van der Waals surface area contributed by atoms with Crippen LogP contribution in [0.25, 0.3) is 0 Å². The third kappa shape index (κ3) is 2.42. The Hall–Kier alpha value is -1.55. The maximum Gasteiger partial charge on any atom is 0.255 e. The molecule has 0 radical (unpaired) electrons. The van der Waals surface area contributed by atoms with Gasteiger partial charge in [0.2, 0.25) is 0 Å². The first-order valence-corrected chi connectivity index (χ1v) is 5.87. The van der Waals surface area contributed by atoms with Gasteiger partial charge in [-0.3, -0.25) is 4.79 Å². The molecule has 1 amide bonds. The molecule has 0 aliphatic heterocycles. The SMILES string of the molecule is Cc1cccc(C(=O)NCC2(N)CCC2)c1O. The number of rotatable bonds is 3. The van der Waals surface area contributed by atoms with Gasteiger partial charge in [0, 0.05) is 12.1 Å². The number of phenolic OH excluding ortho intramolecular Hbond substituents is 1. The molecule has 1 aliphatic rings. The number of benzene rings is 1. The summed E-state index contributed by atoms with van der Waals surface area (Å²) in [5, 5.41) is 12.6. The number of para-hydroxylation sites is 1. The minimum absolute atomic E-state index is 0.0460. The second kappa shape index (κ2) is 4.37. The molecule has 17 heavy (non-hydrogen) atoms. The van der Waals surface area contributed by atoms with Crippen LogP contribution in [0.2, 0.25) is 0 Å². The molecular formula is C13H18N2O2. The van der Waals surface area contributed by atoms with Crippen LogP contribution >= 0.6 is 0 Å². The minimum atomic E-state index is -0.261.